The van der Waals surface area contributed by atoms with Gasteiger partial charge in [-0.3, -0.25) is 4.79 Å². The Balaban J connectivity index is 1.40. The van der Waals surface area contributed by atoms with E-state index in [0.29, 0.717) is 5.75 Å². The van der Waals surface area contributed by atoms with Crippen LogP contribution in [0.1, 0.15) is 16.7 Å². The largest absolute Gasteiger partial charge is 0.325 e. The molecule has 0 unspecified atom stereocenters. The fourth-order valence-electron chi connectivity index (χ4n) is 3.05. The van der Waals surface area contributed by atoms with Crippen LogP contribution in [0.4, 0.5) is 5.69 Å². The standard InChI is InChI=1S/C24H22N2OS2/c1-15-4-6-17(3)21(12-15)28-14-23(27)25-19-9-7-18(8-10-19)24-26-20-11-5-16(2)13-22(20)29-24/h4-13H,14H2,1-3H3,(H,25,27). The van der Waals surface area contributed by atoms with Crippen molar-refractivity contribution in [3.8, 4) is 10.6 Å². The topological polar surface area (TPSA) is 42.0 Å². The van der Waals surface area contributed by atoms with E-state index in [0.717, 1.165) is 26.7 Å². The highest BCUT2D eigenvalue weighted by Gasteiger charge is 2.09. The summed E-state index contributed by atoms with van der Waals surface area (Å²) in [4.78, 5) is 18.2. The summed E-state index contributed by atoms with van der Waals surface area (Å²) in [6, 6.07) is 20.5. The number of aromatic nitrogens is 1. The van der Waals surface area contributed by atoms with Crippen molar-refractivity contribution in [3.05, 3.63) is 77.4 Å². The van der Waals surface area contributed by atoms with E-state index in [-0.39, 0.29) is 5.91 Å². The van der Waals surface area contributed by atoms with Crippen molar-refractivity contribution in [2.75, 3.05) is 11.1 Å². The van der Waals surface area contributed by atoms with Gasteiger partial charge in [0.2, 0.25) is 5.91 Å². The third-order valence-corrected chi connectivity index (χ3v) is 6.89. The molecule has 0 aliphatic heterocycles. The first-order chi connectivity index (χ1) is 14.0. The molecule has 0 aliphatic rings. The quantitative estimate of drug-likeness (QED) is 0.370. The van der Waals surface area contributed by atoms with Crippen LogP contribution in [0.3, 0.4) is 0 Å². The van der Waals surface area contributed by atoms with Crippen LogP contribution in [-0.4, -0.2) is 16.6 Å². The Morgan fingerprint density at radius 1 is 0.966 bits per heavy atom. The van der Waals surface area contributed by atoms with E-state index in [1.807, 2.05) is 24.3 Å². The number of carbonyl (C=O) groups is 1. The lowest BCUT2D eigenvalue weighted by atomic mass is 10.2. The van der Waals surface area contributed by atoms with E-state index in [1.54, 1.807) is 23.1 Å². The van der Waals surface area contributed by atoms with Gasteiger partial charge in [-0.05, 0) is 74.4 Å². The molecular weight excluding hydrogens is 396 g/mol. The maximum absolute atomic E-state index is 12.3. The molecule has 0 bridgehead atoms. The Bertz CT molecular complexity index is 1180. The molecule has 0 aliphatic carbocycles. The molecule has 1 amide bonds. The summed E-state index contributed by atoms with van der Waals surface area (Å²) in [6.45, 7) is 6.23. The van der Waals surface area contributed by atoms with Crippen molar-refractivity contribution < 1.29 is 4.79 Å². The van der Waals surface area contributed by atoms with Crippen molar-refractivity contribution in [3.63, 3.8) is 0 Å². The van der Waals surface area contributed by atoms with E-state index < -0.39 is 0 Å². The molecule has 0 atom stereocenters. The molecule has 0 saturated carbocycles. The smallest absolute Gasteiger partial charge is 0.234 e. The Labute approximate surface area is 179 Å². The van der Waals surface area contributed by atoms with Gasteiger partial charge in [0.1, 0.15) is 5.01 Å². The predicted molar refractivity (Wildman–Crippen MR) is 125 cm³/mol. The maximum Gasteiger partial charge on any atom is 0.234 e. The minimum absolute atomic E-state index is 0.000816. The fourth-order valence-corrected chi connectivity index (χ4v) is 5.05. The van der Waals surface area contributed by atoms with Crippen LogP contribution in [-0.2, 0) is 4.79 Å². The maximum atomic E-state index is 12.3. The van der Waals surface area contributed by atoms with Gasteiger partial charge in [-0.15, -0.1) is 23.1 Å². The van der Waals surface area contributed by atoms with E-state index >= 15 is 0 Å². The number of nitrogens with one attached hydrogen (secondary N) is 1. The van der Waals surface area contributed by atoms with Crippen molar-refractivity contribution >= 4 is 44.9 Å². The summed E-state index contributed by atoms with van der Waals surface area (Å²) in [5.41, 5.74) is 6.53. The lowest BCUT2D eigenvalue weighted by molar-refractivity contribution is -0.113. The molecule has 0 radical (unpaired) electrons. The molecule has 3 aromatic carbocycles. The van der Waals surface area contributed by atoms with Crippen molar-refractivity contribution in [1.29, 1.82) is 0 Å². The van der Waals surface area contributed by atoms with Gasteiger partial charge in [0.15, 0.2) is 0 Å². The summed E-state index contributed by atoms with van der Waals surface area (Å²) in [5.74, 6) is 0.391. The van der Waals surface area contributed by atoms with Crippen molar-refractivity contribution in [1.82, 2.24) is 4.98 Å². The number of rotatable bonds is 5. The van der Waals surface area contributed by atoms with Crippen LogP contribution in [0.2, 0.25) is 0 Å². The number of fused-ring (bicyclic) bond motifs is 1. The van der Waals surface area contributed by atoms with Gasteiger partial charge < -0.3 is 5.32 Å². The van der Waals surface area contributed by atoms with Crippen LogP contribution < -0.4 is 5.32 Å². The number of benzene rings is 3. The molecule has 5 heteroatoms. The number of nitrogens with zero attached hydrogens (tertiary/aromatic N) is 1. The molecule has 0 spiro atoms. The molecule has 4 aromatic rings. The zero-order valence-electron chi connectivity index (χ0n) is 16.7. The Kier molecular flexibility index (Phi) is 5.69. The van der Waals surface area contributed by atoms with E-state index in [2.05, 4.69) is 62.5 Å². The predicted octanol–water partition coefficient (Wildman–Crippen LogP) is 6.62. The summed E-state index contributed by atoms with van der Waals surface area (Å²) in [6.07, 6.45) is 0. The zero-order chi connectivity index (χ0) is 20.4. The normalized spacial score (nSPS) is 11.0. The van der Waals surface area contributed by atoms with E-state index in [9.17, 15) is 4.79 Å². The number of amides is 1. The Morgan fingerprint density at radius 3 is 2.48 bits per heavy atom. The molecule has 1 aromatic heterocycles. The highest BCUT2D eigenvalue weighted by atomic mass is 32.2. The first-order valence-corrected chi connectivity index (χ1v) is 11.3. The van der Waals surface area contributed by atoms with Crippen molar-refractivity contribution in [2.24, 2.45) is 0 Å². The van der Waals surface area contributed by atoms with Gasteiger partial charge in [-0.25, -0.2) is 4.98 Å². The molecule has 146 valence electrons. The van der Waals surface area contributed by atoms with Crippen LogP contribution >= 0.6 is 23.1 Å². The fraction of sp³-hybridized carbons (Fsp3) is 0.167. The second-order valence-electron chi connectivity index (χ2n) is 7.17. The first kappa shape index (κ1) is 19.7. The highest BCUT2D eigenvalue weighted by Crippen LogP contribution is 2.31. The van der Waals surface area contributed by atoms with Gasteiger partial charge in [0.25, 0.3) is 0 Å². The number of hydrogen-bond donors (Lipinski definition) is 1. The van der Waals surface area contributed by atoms with Gasteiger partial charge in [0.05, 0.1) is 16.0 Å². The third kappa shape index (κ3) is 4.69. The summed E-state index contributed by atoms with van der Waals surface area (Å²) < 4.78 is 1.20. The van der Waals surface area contributed by atoms with E-state index in [4.69, 9.17) is 4.98 Å². The number of thioether (sulfide) groups is 1. The second-order valence-corrected chi connectivity index (χ2v) is 9.22. The van der Waals surface area contributed by atoms with Gasteiger partial charge in [-0.2, -0.15) is 0 Å². The van der Waals surface area contributed by atoms with Gasteiger partial charge >= 0.3 is 0 Å². The second kappa shape index (κ2) is 8.39. The lowest BCUT2D eigenvalue weighted by Crippen LogP contribution is -2.14. The van der Waals surface area contributed by atoms with Crippen LogP contribution in [0.25, 0.3) is 20.8 Å². The number of hydrogen-bond acceptors (Lipinski definition) is 4. The zero-order valence-corrected chi connectivity index (χ0v) is 18.3. The number of carbonyl (C=O) groups excluding carboxylic acids is 1. The monoisotopic (exact) mass is 418 g/mol. The van der Waals surface area contributed by atoms with Gasteiger partial charge in [-0.1, -0.05) is 23.8 Å². The average Bonchev–Trinajstić information content (AvgIpc) is 3.12. The van der Waals surface area contributed by atoms with Gasteiger partial charge in [0, 0.05) is 16.1 Å². The molecule has 0 saturated heterocycles. The number of anilines is 1. The molecule has 29 heavy (non-hydrogen) atoms. The first-order valence-electron chi connectivity index (χ1n) is 9.45. The molecule has 4 rings (SSSR count). The molecule has 0 fully saturated rings. The minimum Gasteiger partial charge on any atom is -0.325 e. The average molecular weight is 419 g/mol. The van der Waals surface area contributed by atoms with Crippen LogP contribution in [0, 0.1) is 20.8 Å². The molecule has 3 nitrogen and oxygen atoms in total. The van der Waals surface area contributed by atoms with Crippen LogP contribution in [0.5, 0.6) is 0 Å². The minimum atomic E-state index is -0.000816. The highest BCUT2D eigenvalue weighted by molar-refractivity contribution is 8.00. The number of aryl methyl sites for hydroxylation is 3. The number of thiazole rings is 1. The third-order valence-electron chi connectivity index (χ3n) is 4.66. The summed E-state index contributed by atoms with van der Waals surface area (Å²) in [7, 11) is 0. The Morgan fingerprint density at radius 2 is 1.69 bits per heavy atom. The summed E-state index contributed by atoms with van der Waals surface area (Å²) >= 11 is 3.26. The SMILES string of the molecule is Cc1ccc(C)c(SCC(=O)Nc2ccc(-c3nc4ccc(C)cc4s3)cc2)c1. The Hall–Kier alpha value is -2.63. The molecule has 1 N–H and O–H groups in total. The van der Waals surface area contributed by atoms with Crippen molar-refractivity contribution in [2.45, 2.75) is 25.7 Å². The molecular formula is C24H22N2OS2. The lowest BCUT2D eigenvalue weighted by Gasteiger charge is -2.08. The van der Waals surface area contributed by atoms with Crippen LogP contribution in [0.15, 0.2) is 65.6 Å². The molecule has 1 heterocycles. The van der Waals surface area contributed by atoms with E-state index in [1.165, 1.54) is 21.4 Å². The summed E-state index contributed by atoms with van der Waals surface area (Å²) in [5, 5.41) is 3.98.